The number of nitrogens with two attached hydrogens (primary N) is 1. The van der Waals surface area contributed by atoms with E-state index in [-0.39, 0.29) is 10.6 Å². The SMILES string of the molecule is NC(=O)c1cc(F)c(N2CCN(C=S)CC2)cc1Cl. The minimum atomic E-state index is -0.735. The van der Waals surface area contributed by atoms with Gasteiger partial charge in [0.15, 0.2) is 0 Å². The molecule has 1 heterocycles. The van der Waals surface area contributed by atoms with Gasteiger partial charge >= 0.3 is 0 Å². The quantitative estimate of drug-likeness (QED) is 0.863. The molecule has 0 spiro atoms. The van der Waals surface area contributed by atoms with Crippen molar-refractivity contribution in [3.05, 3.63) is 28.5 Å². The first kappa shape index (κ1) is 14.0. The van der Waals surface area contributed by atoms with Crippen LogP contribution in [-0.2, 0) is 0 Å². The molecule has 2 rings (SSSR count). The van der Waals surface area contributed by atoms with Gasteiger partial charge in [0.25, 0.3) is 0 Å². The van der Waals surface area contributed by atoms with Crippen molar-refractivity contribution in [3.63, 3.8) is 0 Å². The zero-order valence-corrected chi connectivity index (χ0v) is 11.7. The van der Waals surface area contributed by atoms with E-state index in [1.54, 1.807) is 5.49 Å². The molecule has 1 fully saturated rings. The van der Waals surface area contributed by atoms with Crippen LogP contribution in [0.4, 0.5) is 10.1 Å². The number of hydrogen-bond donors (Lipinski definition) is 1. The topological polar surface area (TPSA) is 49.6 Å². The zero-order chi connectivity index (χ0) is 14.0. The molecule has 0 aromatic heterocycles. The number of benzene rings is 1. The fraction of sp³-hybridized carbons (Fsp3) is 0.333. The molecule has 0 atom stereocenters. The second-order valence-corrected chi connectivity index (χ2v) is 4.89. The van der Waals surface area contributed by atoms with Gasteiger partial charge in [-0.1, -0.05) is 23.8 Å². The summed E-state index contributed by atoms with van der Waals surface area (Å²) < 4.78 is 14.0. The molecule has 0 bridgehead atoms. The predicted molar refractivity (Wildman–Crippen MR) is 77.4 cm³/mol. The Morgan fingerprint density at radius 2 is 2.00 bits per heavy atom. The molecule has 1 aromatic rings. The van der Waals surface area contributed by atoms with Gasteiger partial charge < -0.3 is 15.5 Å². The summed E-state index contributed by atoms with van der Waals surface area (Å²) in [4.78, 5) is 14.9. The standard InChI is InChI=1S/C12H13ClFN3OS/c13-9-6-11(10(14)5-8(9)12(15)18)17-3-1-16(7-19)2-4-17/h5-7H,1-4H2,(H2,15,18). The number of carbonyl (C=O) groups is 1. The Hall–Kier alpha value is -1.40. The molecule has 0 aliphatic carbocycles. The highest BCUT2D eigenvalue weighted by Gasteiger charge is 2.20. The van der Waals surface area contributed by atoms with Gasteiger partial charge in [0, 0.05) is 26.2 Å². The molecule has 0 radical (unpaired) electrons. The molecule has 4 nitrogen and oxygen atoms in total. The second-order valence-electron chi connectivity index (χ2n) is 4.28. The van der Waals surface area contributed by atoms with Crippen LogP contribution in [0, 0.1) is 5.82 Å². The van der Waals surface area contributed by atoms with Crippen LogP contribution in [0.3, 0.4) is 0 Å². The van der Waals surface area contributed by atoms with Crippen LogP contribution >= 0.6 is 23.8 Å². The van der Waals surface area contributed by atoms with E-state index < -0.39 is 11.7 Å². The van der Waals surface area contributed by atoms with E-state index in [2.05, 4.69) is 0 Å². The maximum absolute atomic E-state index is 14.0. The Balaban J connectivity index is 2.24. The predicted octanol–water partition coefficient (Wildman–Crippen LogP) is 1.66. The Kier molecular flexibility index (Phi) is 4.21. The van der Waals surface area contributed by atoms with E-state index in [0.29, 0.717) is 18.8 Å². The average molecular weight is 302 g/mol. The van der Waals surface area contributed by atoms with Crippen LogP contribution in [-0.4, -0.2) is 42.5 Å². The third kappa shape index (κ3) is 2.96. The number of rotatable bonds is 3. The highest BCUT2D eigenvalue weighted by Crippen LogP contribution is 2.27. The number of piperazine rings is 1. The lowest BCUT2D eigenvalue weighted by Gasteiger charge is -2.35. The second kappa shape index (κ2) is 5.71. The Labute approximate surface area is 120 Å². The fourth-order valence-corrected chi connectivity index (χ4v) is 2.50. The summed E-state index contributed by atoms with van der Waals surface area (Å²) >= 11 is 10.8. The van der Waals surface area contributed by atoms with E-state index >= 15 is 0 Å². The van der Waals surface area contributed by atoms with Crippen molar-refractivity contribution >= 4 is 40.9 Å². The number of thiocarbonyl (C=S) groups is 1. The van der Waals surface area contributed by atoms with Crippen molar-refractivity contribution in [2.24, 2.45) is 5.73 Å². The van der Waals surface area contributed by atoms with Gasteiger partial charge in [-0.3, -0.25) is 4.79 Å². The van der Waals surface area contributed by atoms with Crippen molar-refractivity contribution in [1.82, 2.24) is 4.90 Å². The molecular weight excluding hydrogens is 289 g/mol. The van der Waals surface area contributed by atoms with Crippen LogP contribution < -0.4 is 10.6 Å². The maximum atomic E-state index is 14.0. The number of hydrogen-bond acceptors (Lipinski definition) is 3. The number of nitrogens with zero attached hydrogens (tertiary/aromatic N) is 2. The molecule has 1 aliphatic rings. The smallest absolute Gasteiger partial charge is 0.250 e. The number of carbonyl (C=O) groups excluding carboxylic acids is 1. The first-order chi connectivity index (χ1) is 9.02. The van der Waals surface area contributed by atoms with E-state index in [1.165, 1.54) is 6.07 Å². The van der Waals surface area contributed by atoms with Crippen LogP contribution in [0.15, 0.2) is 12.1 Å². The molecule has 1 aromatic carbocycles. The van der Waals surface area contributed by atoms with Gasteiger partial charge in [-0.15, -0.1) is 0 Å². The molecule has 1 amide bonds. The molecule has 1 saturated heterocycles. The summed E-state index contributed by atoms with van der Waals surface area (Å²) in [6.45, 7) is 2.77. The molecular formula is C12H13ClFN3OS. The van der Waals surface area contributed by atoms with Crippen LogP contribution in [0.2, 0.25) is 5.02 Å². The number of halogens is 2. The van der Waals surface area contributed by atoms with Gasteiger partial charge in [-0.05, 0) is 12.1 Å². The molecule has 19 heavy (non-hydrogen) atoms. The summed E-state index contributed by atoms with van der Waals surface area (Å²) in [5.41, 5.74) is 7.12. The van der Waals surface area contributed by atoms with Crippen molar-refractivity contribution in [2.45, 2.75) is 0 Å². The van der Waals surface area contributed by atoms with Gasteiger partial charge in [0.05, 0.1) is 21.8 Å². The molecule has 7 heteroatoms. The zero-order valence-electron chi connectivity index (χ0n) is 10.1. The first-order valence-electron chi connectivity index (χ1n) is 5.76. The lowest BCUT2D eigenvalue weighted by molar-refractivity contribution is 0.1000. The van der Waals surface area contributed by atoms with E-state index in [1.807, 2.05) is 9.80 Å². The highest BCUT2D eigenvalue weighted by atomic mass is 35.5. The number of primary amides is 1. The van der Waals surface area contributed by atoms with Crippen LogP contribution in [0.5, 0.6) is 0 Å². The molecule has 0 unspecified atom stereocenters. The number of anilines is 1. The fourth-order valence-electron chi connectivity index (χ4n) is 2.04. The molecule has 102 valence electrons. The Morgan fingerprint density at radius 1 is 1.37 bits per heavy atom. The summed E-state index contributed by atoms with van der Waals surface area (Å²) in [5, 5.41) is 0.168. The largest absolute Gasteiger partial charge is 0.366 e. The minimum Gasteiger partial charge on any atom is -0.366 e. The Bertz CT molecular complexity index is 518. The van der Waals surface area contributed by atoms with Crippen molar-refractivity contribution in [3.8, 4) is 0 Å². The summed E-state index contributed by atoms with van der Waals surface area (Å²) in [6.07, 6.45) is 0. The normalized spacial score (nSPS) is 15.5. The minimum absolute atomic E-state index is 0.000411. The summed E-state index contributed by atoms with van der Waals surface area (Å²) in [7, 11) is 0. The molecule has 0 saturated carbocycles. The van der Waals surface area contributed by atoms with Crippen molar-refractivity contribution < 1.29 is 9.18 Å². The Morgan fingerprint density at radius 3 is 2.53 bits per heavy atom. The van der Waals surface area contributed by atoms with E-state index in [4.69, 9.17) is 29.6 Å². The third-order valence-electron chi connectivity index (χ3n) is 3.11. The monoisotopic (exact) mass is 301 g/mol. The maximum Gasteiger partial charge on any atom is 0.250 e. The van der Waals surface area contributed by atoms with Gasteiger partial charge in [0.1, 0.15) is 5.82 Å². The first-order valence-corrected chi connectivity index (χ1v) is 6.61. The lowest BCUT2D eigenvalue weighted by Crippen LogP contribution is -2.45. The van der Waals surface area contributed by atoms with Crippen LogP contribution in [0.25, 0.3) is 0 Å². The highest BCUT2D eigenvalue weighted by molar-refractivity contribution is 7.78. The van der Waals surface area contributed by atoms with Gasteiger partial charge in [-0.2, -0.15) is 0 Å². The third-order valence-corrected chi connectivity index (χ3v) is 3.72. The van der Waals surface area contributed by atoms with Crippen molar-refractivity contribution in [2.75, 3.05) is 31.1 Å². The van der Waals surface area contributed by atoms with Crippen LogP contribution in [0.1, 0.15) is 10.4 Å². The van der Waals surface area contributed by atoms with Crippen molar-refractivity contribution in [1.29, 1.82) is 0 Å². The van der Waals surface area contributed by atoms with E-state index in [0.717, 1.165) is 19.2 Å². The molecule has 2 N–H and O–H groups in total. The van der Waals surface area contributed by atoms with E-state index in [9.17, 15) is 9.18 Å². The average Bonchev–Trinajstić information content (AvgIpc) is 2.41. The molecule has 1 aliphatic heterocycles. The number of amides is 1. The summed E-state index contributed by atoms with van der Waals surface area (Å²) in [5.74, 6) is -1.23. The van der Waals surface area contributed by atoms with Gasteiger partial charge in [0.2, 0.25) is 5.91 Å². The lowest BCUT2D eigenvalue weighted by atomic mass is 10.1. The summed E-state index contributed by atoms with van der Waals surface area (Å²) in [6, 6.07) is 2.54. The van der Waals surface area contributed by atoms with Gasteiger partial charge in [-0.25, -0.2) is 4.39 Å².